The highest BCUT2D eigenvalue weighted by Crippen LogP contribution is 2.21. The molecule has 2 heterocycles. The Bertz CT molecular complexity index is 304. The van der Waals surface area contributed by atoms with Gasteiger partial charge in [0, 0.05) is 11.8 Å². The van der Waals surface area contributed by atoms with Gasteiger partial charge < -0.3 is 15.2 Å². The molecule has 0 aliphatic carbocycles. The number of nitrogens with one attached hydrogen (secondary N) is 1. The van der Waals surface area contributed by atoms with E-state index < -0.39 is 18.2 Å². The summed E-state index contributed by atoms with van der Waals surface area (Å²) in [4.78, 5) is 22.5. The van der Waals surface area contributed by atoms with E-state index in [-0.39, 0.29) is 11.9 Å². The van der Waals surface area contributed by atoms with Gasteiger partial charge >= 0.3 is 5.97 Å². The average Bonchev–Trinajstić information content (AvgIpc) is 2.79. The van der Waals surface area contributed by atoms with Gasteiger partial charge in [0.25, 0.3) is 0 Å². The standard InChI is InChI=1S/C11H17NO4S/c13-10(12-7-2-1-5-17-6-7)8-3-4-9(16-8)11(14)15/h7-9H,1-6H2,(H,12,13)(H,14,15)/t7?,8-,9+/m0/s1. The minimum Gasteiger partial charge on any atom is -0.479 e. The summed E-state index contributed by atoms with van der Waals surface area (Å²) >= 11 is 1.84. The van der Waals surface area contributed by atoms with E-state index in [9.17, 15) is 9.59 Å². The summed E-state index contributed by atoms with van der Waals surface area (Å²) in [6.07, 6.45) is 1.66. The molecule has 6 heteroatoms. The molecule has 0 radical (unpaired) electrons. The molecule has 0 aromatic rings. The normalized spacial score (nSPS) is 33.3. The van der Waals surface area contributed by atoms with Gasteiger partial charge in [-0.2, -0.15) is 11.8 Å². The minimum absolute atomic E-state index is 0.152. The molecule has 0 spiro atoms. The van der Waals surface area contributed by atoms with Gasteiger partial charge in [-0.25, -0.2) is 4.79 Å². The second-order valence-corrected chi connectivity index (χ2v) is 5.60. The van der Waals surface area contributed by atoms with Gasteiger partial charge in [-0.05, 0) is 31.4 Å². The number of hydrogen-bond donors (Lipinski definition) is 2. The van der Waals surface area contributed by atoms with Gasteiger partial charge in [0.05, 0.1) is 0 Å². The summed E-state index contributed by atoms with van der Waals surface area (Å²) in [6, 6.07) is 0.216. The number of hydrogen-bond acceptors (Lipinski definition) is 4. The van der Waals surface area contributed by atoms with Crippen LogP contribution < -0.4 is 5.32 Å². The third-order valence-corrected chi connectivity index (χ3v) is 4.31. The fourth-order valence-corrected chi connectivity index (χ4v) is 3.23. The molecule has 5 nitrogen and oxygen atoms in total. The van der Waals surface area contributed by atoms with E-state index in [1.54, 1.807) is 0 Å². The maximum absolute atomic E-state index is 11.8. The Morgan fingerprint density at radius 2 is 2.00 bits per heavy atom. The minimum atomic E-state index is -0.978. The summed E-state index contributed by atoms with van der Waals surface area (Å²) < 4.78 is 5.21. The lowest BCUT2D eigenvalue weighted by Gasteiger charge is -2.23. The lowest BCUT2D eigenvalue weighted by Crippen LogP contribution is -2.44. The van der Waals surface area contributed by atoms with Crippen molar-refractivity contribution in [3.05, 3.63) is 0 Å². The van der Waals surface area contributed by atoms with Crippen LogP contribution >= 0.6 is 11.8 Å². The van der Waals surface area contributed by atoms with E-state index in [4.69, 9.17) is 9.84 Å². The SMILES string of the molecule is O=C(NC1CCCSC1)[C@@H]1CC[C@H](C(=O)O)O1. The largest absolute Gasteiger partial charge is 0.479 e. The summed E-state index contributed by atoms with van der Waals surface area (Å²) in [6.45, 7) is 0. The summed E-state index contributed by atoms with van der Waals surface area (Å²) in [5.41, 5.74) is 0. The van der Waals surface area contributed by atoms with E-state index in [2.05, 4.69) is 5.32 Å². The molecule has 3 atom stereocenters. The molecule has 96 valence electrons. The molecule has 17 heavy (non-hydrogen) atoms. The fraction of sp³-hybridized carbons (Fsp3) is 0.818. The van der Waals surface area contributed by atoms with Gasteiger partial charge in [-0.3, -0.25) is 4.79 Å². The molecule has 2 N–H and O–H groups in total. The second-order valence-electron chi connectivity index (χ2n) is 4.45. The Balaban J connectivity index is 1.78. The molecular weight excluding hydrogens is 242 g/mol. The Morgan fingerprint density at radius 1 is 1.24 bits per heavy atom. The lowest BCUT2D eigenvalue weighted by molar-refractivity contribution is -0.151. The zero-order valence-electron chi connectivity index (χ0n) is 9.55. The number of carbonyl (C=O) groups excluding carboxylic acids is 1. The molecule has 1 amide bonds. The fourth-order valence-electron chi connectivity index (χ4n) is 2.16. The number of carboxylic acids is 1. The van der Waals surface area contributed by atoms with Crippen LogP contribution in [0.2, 0.25) is 0 Å². The highest BCUT2D eigenvalue weighted by molar-refractivity contribution is 7.99. The van der Waals surface area contributed by atoms with Crippen molar-refractivity contribution in [3.63, 3.8) is 0 Å². The molecule has 2 aliphatic rings. The van der Waals surface area contributed by atoms with Crippen molar-refractivity contribution in [1.82, 2.24) is 5.32 Å². The zero-order valence-corrected chi connectivity index (χ0v) is 10.4. The number of rotatable bonds is 3. The molecule has 2 rings (SSSR count). The molecular formula is C11H17NO4S. The Hall–Kier alpha value is -0.750. The average molecular weight is 259 g/mol. The topological polar surface area (TPSA) is 75.6 Å². The van der Waals surface area contributed by atoms with Crippen LogP contribution in [0.4, 0.5) is 0 Å². The van der Waals surface area contributed by atoms with Gasteiger partial charge in [-0.15, -0.1) is 0 Å². The van der Waals surface area contributed by atoms with Gasteiger partial charge in [0.2, 0.25) is 5.91 Å². The van der Waals surface area contributed by atoms with E-state index in [0.717, 1.165) is 24.3 Å². The molecule has 0 aromatic carbocycles. The van der Waals surface area contributed by atoms with Crippen molar-refractivity contribution in [1.29, 1.82) is 0 Å². The maximum atomic E-state index is 11.8. The number of amides is 1. The van der Waals surface area contributed by atoms with Gasteiger partial charge in [0.15, 0.2) is 6.10 Å². The molecule has 2 aliphatic heterocycles. The summed E-state index contributed by atoms with van der Waals surface area (Å²) in [5, 5.41) is 11.7. The first-order valence-corrected chi connectivity index (χ1v) is 7.08. The molecule has 0 saturated carbocycles. The number of thioether (sulfide) groups is 1. The highest BCUT2D eigenvalue weighted by Gasteiger charge is 2.35. The predicted octanol–water partition coefficient (Wildman–Crippen LogP) is 0.630. The predicted molar refractivity (Wildman–Crippen MR) is 64.0 cm³/mol. The Labute approximate surface area is 104 Å². The molecule has 2 saturated heterocycles. The molecule has 0 bridgehead atoms. The van der Waals surface area contributed by atoms with E-state index in [0.29, 0.717) is 12.8 Å². The van der Waals surface area contributed by atoms with Crippen molar-refractivity contribution in [2.45, 2.75) is 43.9 Å². The smallest absolute Gasteiger partial charge is 0.332 e. The quantitative estimate of drug-likeness (QED) is 0.777. The third-order valence-electron chi connectivity index (χ3n) is 3.09. The second kappa shape index (κ2) is 5.73. The maximum Gasteiger partial charge on any atom is 0.332 e. The number of carbonyl (C=O) groups is 2. The number of aliphatic carboxylic acids is 1. The van der Waals surface area contributed by atoms with Crippen LogP contribution in [0.25, 0.3) is 0 Å². The highest BCUT2D eigenvalue weighted by atomic mass is 32.2. The molecule has 1 unspecified atom stereocenters. The van der Waals surface area contributed by atoms with Crippen LogP contribution in [-0.2, 0) is 14.3 Å². The van der Waals surface area contributed by atoms with Crippen molar-refractivity contribution in [2.24, 2.45) is 0 Å². The van der Waals surface area contributed by atoms with Crippen LogP contribution in [0.15, 0.2) is 0 Å². The van der Waals surface area contributed by atoms with Crippen LogP contribution in [0.1, 0.15) is 25.7 Å². The summed E-state index contributed by atoms with van der Waals surface area (Å²) in [5.74, 6) is 0.976. The van der Waals surface area contributed by atoms with Crippen LogP contribution in [-0.4, -0.2) is 46.7 Å². The van der Waals surface area contributed by atoms with Crippen molar-refractivity contribution >= 4 is 23.6 Å². The van der Waals surface area contributed by atoms with Crippen molar-refractivity contribution in [3.8, 4) is 0 Å². The first-order chi connectivity index (χ1) is 8.16. The molecule has 2 fully saturated rings. The number of ether oxygens (including phenoxy) is 1. The van der Waals surface area contributed by atoms with Gasteiger partial charge in [0.1, 0.15) is 6.10 Å². The first kappa shape index (κ1) is 12.7. The Morgan fingerprint density at radius 3 is 2.59 bits per heavy atom. The van der Waals surface area contributed by atoms with Crippen molar-refractivity contribution in [2.75, 3.05) is 11.5 Å². The van der Waals surface area contributed by atoms with Crippen LogP contribution in [0.5, 0.6) is 0 Å². The van der Waals surface area contributed by atoms with Crippen LogP contribution in [0.3, 0.4) is 0 Å². The third kappa shape index (κ3) is 3.35. The van der Waals surface area contributed by atoms with E-state index >= 15 is 0 Å². The molecule has 0 aromatic heterocycles. The lowest BCUT2D eigenvalue weighted by atomic mass is 10.1. The van der Waals surface area contributed by atoms with E-state index in [1.807, 2.05) is 11.8 Å². The van der Waals surface area contributed by atoms with Gasteiger partial charge in [-0.1, -0.05) is 0 Å². The Kier molecular flexibility index (Phi) is 4.28. The zero-order chi connectivity index (χ0) is 12.3. The first-order valence-electron chi connectivity index (χ1n) is 5.93. The monoisotopic (exact) mass is 259 g/mol. The van der Waals surface area contributed by atoms with E-state index in [1.165, 1.54) is 0 Å². The van der Waals surface area contributed by atoms with Crippen molar-refractivity contribution < 1.29 is 19.4 Å². The number of carboxylic acid groups (broad SMARTS) is 1. The summed E-state index contributed by atoms with van der Waals surface area (Å²) in [7, 11) is 0. The van der Waals surface area contributed by atoms with Crippen LogP contribution in [0, 0.1) is 0 Å².